The molecule has 1 N–H and O–H groups in total. The number of hydrogen-bond acceptors (Lipinski definition) is 3. The first-order chi connectivity index (χ1) is 23.1. The van der Waals surface area contributed by atoms with Crippen molar-refractivity contribution in [1.82, 2.24) is 10.2 Å². The van der Waals surface area contributed by atoms with Crippen LogP contribution >= 0.6 is 8.58 Å². The number of nitrogens with one attached hydrogen (secondary N) is 1. The van der Waals surface area contributed by atoms with E-state index in [4.69, 9.17) is 4.74 Å². The Morgan fingerprint density at radius 3 is 1.79 bits per heavy atom. The third kappa shape index (κ3) is 13.5. The molecule has 0 bridgehead atoms. The molecule has 47 heavy (non-hydrogen) atoms. The number of unbranched alkanes of at least 4 members (excludes halogenated alkanes) is 7. The summed E-state index contributed by atoms with van der Waals surface area (Å²) in [5.41, 5.74) is 6.49. The summed E-state index contributed by atoms with van der Waals surface area (Å²) < 4.78 is 6.00. The second kappa shape index (κ2) is 21.2. The zero-order valence-corrected chi connectivity index (χ0v) is 29.4. The predicted molar refractivity (Wildman–Crippen MR) is 203 cm³/mol. The number of allylic oxidation sites excluding steroid dienone is 1. The van der Waals surface area contributed by atoms with Gasteiger partial charge in [-0.15, -0.1) is 0 Å². The zero-order valence-electron chi connectivity index (χ0n) is 28.4. The van der Waals surface area contributed by atoms with E-state index in [1.54, 1.807) is 0 Å². The molecule has 5 heteroatoms. The lowest BCUT2D eigenvalue weighted by Gasteiger charge is -2.18. The highest BCUT2D eigenvalue weighted by Crippen LogP contribution is 2.36. The van der Waals surface area contributed by atoms with Gasteiger partial charge < -0.3 is 15.0 Å². The topological polar surface area (TPSA) is 41.6 Å². The fourth-order valence-electron chi connectivity index (χ4n) is 5.75. The van der Waals surface area contributed by atoms with Crippen molar-refractivity contribution in [1.29, 1.82) is 0 Å². The number of likely N-dealkylation sites (N-methyl/N-ethyl adjacent to an activating group) is 1. The maximum Gasteiger partial charge on any atom is 0.224 e. The van der Waals surface area contributed by atoms with Gasteiger partial charge in [0.25, 0.3) is 0 Å². The Morgan fingerprint density at radius 2 is 1.17 bits per heavy atom. The van der Waals surface area contributed by atoms with Crippen LogP contribution in [0.4, 0.5) is 0 Å². The van der Waals surface area contributed by atoms with Gasteiger partial charge in [0.05, 0.1) is 0 Å². The summed E-state index contributed by atoms with van der Waals surface area (Å²) in [4.78, 5) is 14.3. The van der Waals surface area contributed by atoms with Gasteiger partial charge in [0, 0.05) is 19.3 Å². The molecular formula is C42H53N2O2P. The van der Waals surface area contributed by atoms with E-state index < -0.39 is 0 Å². The molecule has 4 rings (SSSR count). The van der Waals surface area contributed by atoms with E-state index in [2.05, 4.69) is 121 Å². The van der Waals surface area contributed by atoms with Gasteiger partial charge in [-0.2, -0.15) is 0 Å². The molecular weight excluding hydrogens is 595 g/mol. The molecule has 0 saturated heterocycles. The number of carbonyl (C=O) groups excluding carboxylic acids is 1. The van der Waals surface area contributed by atoms with E-state index in [1.165, 1.54) is 78.1 Å². The van der Waals surface area contributed by atoms with Crippen molar-refractivity contribution in [2.45, 2.75) is 57.8 Å². The van der Waals surface area contributed by atoms with Crippen LogP contribution in [0.1, 0.15) is 74.5 Å². The van der Waals surface area contributed by atoms with Crippen LogP contribution in [-0.4, -0.2) is 50.8 Å². The van der Waals surface area contributed by atoms with Gasteiger partial charge in [0.15, 0.2) is 0 Å². The lowest BCUT2D eigenvalue weighted by atomic mass is 9.86. The fraction of sp³-hybridized carbons (Fsp3) is 0.357. The Bertz CT molecular complexity index is 1460. The first kappa shape index (κ1) is 36.1. The van der Waals surface area contributed by atoms with E-state index in [9.17, 15) is 4.79 Å². The van der Waals surface area contributed by atoms with Crippen LogP contribution in [0.25, 0.3) is 11.1 Å². The van der Waals surface area contributed by atoms with Crippen molar-refractivity contribution in [2.75, 3.05) is 40.0 Å². The van der Waals surface area contributed by atoms with E-state index in [-0.39, 0.29) is 5.91 Å². The highest BCUT2D eigenvalue weighted by atomic mass is 31.1. The smallest absolute Gasteiger partial charge is 0.224 e. The molecule has 4 nitrogen and oxygen atoms in total. The largest absolute Gasteiger partial charge is 0.492 e. The molecule has 4 aromatic rings. The summed E-state index contributed by atoms with van der Waals surface area (Å²) in [7, 11) is 4.68. The Labute approximate surface area is 285 Å². The first-order valence-corrected chi connectivity index (χ1v) is 18.6. The number of rotatable bonds is 21. The number of amides is 1. The second-order valence-electron chi connectivity index (χ2n) is 12.4. The van der Waals surface area contributed by atoms with Gasteiger partial charge in [-0.05, 0) is 78.6 Å². The molecule has 1 amide bonds. The lowest BCUT2D eigenvalue weighted by molar-refractivity contribution is -0.118. The quantitative estimate of drug-likeness (QED) is 0.0557. The summed E-state index contributed by atoms with van der Waals surface area (Å²) in [6.45, 7) is 2.37. The van der Waals surface area contributed by atoms with Crippen LogP contribution < -0.4 is 15.4 Å². The Balaban J connectivity index is 1.25. The van der Waals surface area contributed by atoms with Crippen molar-refractivity contribution >= 4 is 30.9 Å². The molecule has 0 heterocycles. The number of nitrogens with zero attached hydrogens (tertiary/aromatic N) is 1. The molecule has 0 aromatic heterocycles. The summed E-state index contributed by atoms with van der Waals surface area (Å²) in [6.07, 6.45) is 11.3. The van der Waals surface area contributed by atoms with E-state index in [1.807, 2.05) is 18.2 Å². The summed E-state index contributed by atoms with van der Waals surface area (Å²) in [5.74, 6) is 1.08. The molecule has 0 saturated carbocycles. The summed E-state index contributed by atoms with van der Waals surface area (Å²) >= 11 is 0. The standard InChI is InChI=1S/C42H53N2O2P/c1-44(2)32-33-46-38-29-27-37(28-30-38)42(36-22-14-10-15-23-36)40(35-20-12-9-13-21-35)26-18-7-5-3-4-6-8-19-31-43-41(45)34-47-39-24-16-11-17-25-39/h9-17,20-25,27-30,47H,3-8,18-19,26,31-34H2,1-2H3,(H,43,45)/b42-40-. The Hall–Kier alpha value is -3.72. The molecule has 0 aliphatic heterocycles. The number of hydrogen-bond donors (Lipinski definition) is 1. The van der Waals surface area contributed by atoms with Gasteiger partial charge in [-0.3, -0.25) is 4.79 Å². The van der Waals surface area contributed by atoms with Gasteiger partial charge in [0.1, 0.15) is 12.4 Å². The van der Waals surface area contributed by atoms with Crippen molar-refractivity contribution in [3.63, 3.8) is 0 Å². The lowest BCUT2D eigenvalue weighted by Crippen LogP contribution is -2.26. The minimum absolute atomic E-state index is 0.174. The van der Waals surface area contributed by atoms with Crippen LogP contribution in [0.3, 0.4) is 0 Å². The Kier molecular flexibility index (Phi) is 16.3. The molecule has 0 radical (unpaired) electrons. The SMILES string of the molecule is CN(C)CCOc1ccc(/C(=C(/CCCCCCCCCCNC(=O)CPc2ccccc2)c2ccccc2)c2ccccc2)cc1. The molecule has 1 unspecified atom stereocenters. The van der Waals surface area contributed by atoms with Gasteiger partial charge in [-0.1, -0.05) is 150 Å². The van der Waals surface area contributed by atoms with Gasteiger partial charge in [0.2, 0.25) is 5.91 Å². The van der Waals surface area contributed by atoms with Crippen LogP contribution in [-0.2, 0) is 4.79 Å². The maximum atomic E-state index is 12.1. The number of carbonyl (C=O) groups is 1. The van der Waals surface area contributed by atoms with Gasteiger partial charge in [-0.25, -0.2) is 0 Å². The molecule has 1 atom stereocenters. The summed E-state index contributed by atoms with van der Waals surface area (Å²) in [6, 6.07) is 40.7. The molecule has 0 aliphatic rings. The summed E-state index contributed by atoms with van der Waals surface area (Å²) in [5, 5.41) is 4.35. The molecule has 0 spiro atoms. The fourth-order valence-corrected chi connectivity index (χ4v) is 6.67. The van der Waals surface area contributed by atoms with Crippen LogP contribution in [0.2, 0.25) is 0 Å². The minimum Gasteiger partial charge on any atom is -0.492 e. The van der Waals surface area contributed by atoms with Crippen LogP contribution in [0, 0.1) is 0 Å². The third-order valence-corrected chi connectivity index (χ3v) is 9.58. The highest BCUT2D eigenvalue weighted by molar-refractivity contribution is 7.48. The van der Waals surface area contributed by atoms with E-state index in [0.29, 0.717) is 21.3 Å². The van der Waals surface area contributed by atoms with Crippen molar-refractivity contribution in [3.05, 3.63) is 132 Å². The number of benzene rings is 4. The monoisotopic (exact) mass is 648 g/mol. The van der Waals surface area contributed by atoms with E-state index >= 15 is 0 Å². The average molecular weight is 649 g/mol. The molecule has 0 aliphatic carbocycles. The maximum absolute atomic E-state index is 12.1. The van der Waals surface area contributed by atoms with E-state index in [0.717, 1.165) is 31.7 Å². The van der Waals surface area contributed by atoms with Gasteiger partial charge >= 0.3 is 0 Å². The molecule has 4 aromatic carbocycles. The second-order valence-corrected chi connectivity index (χ2v) is 13.7. The molecule has 0 fully saturated rings. The van der Waals surface area contributed by atoms with Crippen molar-refractivity contribution in [2.24, 2.45) is 0 Å². The third-order valence-electron chi connectivity index (χ3n) is 8.34. The van der Waals surface area contributed by atoms with Crippen molar-refractivity contribution in [3.8, 4) is 5.75 Å². The predicted octanol–water partition coefficient (Wildman–Crippen LogP) is 9.22. The van der Waals surface area contributed by atoms with Crippen LogP contribution in [0.15, 0.2) is 115 Å². The highest BCUT2D eigenvalue weighted by Gasteiger charge is 2.14. The minimum atomic E-state index is 0.174. The van der Waals surface area contributed by atoms with Crippen molar-refractivity contribution < 1.29 is 9.53 Å². The number of ether oxygens (including phenoxy) is 1. The first-order valence-electron chi connectivity index (χ1n) is 17.4. The normalized spacial score (nSPS) is 12.0. The average Bonchev–Trinajstić information content (AvgIpc) is 3.11. The zero-order chi connectivity index (χ0) is 32.9. The molecule has 248 valence electrons. The van der Waals surface area contributed by atoms with Crippen LogP contribution in [0.5, 0.6) is 5.75 Å². The Morgan fingerprint density at radius 1 is 0.638 bits per heavy atom.